The van der Waals surface area contributed by atoms with Crippen LogP contribution in [-0.4, -0.2) is 132 Å². The molecule has 10 unspecified atom stereocenters. The number of hydrogen-bond donors (Lipinski definition) is 6. The molecule has 35 heavy (non-hydrogen) atoms. The van der Waals surface area contributed by atoms with E-state index in [2.05, 4.69) is 4.89 Å². The second-order valence-corrected chi connectivity index (χ2v) is 8.89. The van der Waals surface area contributed by atoms with Gasteiger partial charge in [0, 0.05) is 14.2 Å². The Hall–Kier alpha value is -1.50. The number of hydrogen-bond acceptors (Lipinski definition) is 15. The molecule has 10 atom stereocenters. The Balaban J connectivity index is 2.15. The van der Waals surface area contributed by atoms with E-state index in [-0.39, 0.29) is 0 Å². The Labute approximate surface area is 200 Å². The van der Waals surface area contributed by atoms with Gasteiger partial charge in [0.05, 0.1) is 18.4 Å². The van der Waals surface area contributed by atoms with Crippen LogP contribution in [0.2, 0.25) is 0 Å². The molecule has 15 nitrogen and oxygen atoms in total. The summed E-state index contributed by atoms with van der Waals surface area (Å²) in [6.07, 6.45) is -14.8. The largest absolute Gasteiger partial charge is 0.463 e. The van der Waals surface area contributed by atoms with Crippen molar-refractivity contribution in [2.45, 2.75) is 81.7 Å². The maximum absolute atomic E-state index is 12.3. The van der Waals surface area contributed by atoms with Crippen LogP contribution >= 0.6 is 0 Å². The maximum atomic E-state index is 12.3. The van der Waals surface area contributed by atoms with Crippen molar-refractivity contribution >= 4 is 11.9 Å². The Morgan fingerprint density at radius 1 is 0.857 bits per heavy atom. The molecule has 0 amide bonds. The van der Waals surface area contributed by atoms with E-state index in [1.807, 2.05) is 0 Å². The zero-order chi connectivity index (χ0) is 26.5. The van der Waals surface area contributed by atoms with Gasteiger partial charge in [-0.2, -0.15) is 5.26 Å². The monoisotopic (exact) mass is 514 g/mol. The van der Waals surface area contributed by atoms with Gasteiger partial charge in [0.15, 0.2) is 12.6 Å². The summed E-state index contributed by atoms with van der Waals surface area (Å²) in [5.74, 6) is -1.94. The van der Waals surface area contributed by atoms with Crippen molar-refractivity contribution < 1.29 is 73.7 Å². The Morgan fingerprint density at radius 3 is 1.97 bits per heavy atom. The second kappa shape index (κ2) is 12.6. The van der Waals surface area contributed by atoms with Crippen LogP contribution in [-0.2, 0) is 42.9 Å². The van der Waals surface area contributed by atoms with Crippen molar-refractivity contribution in [3.8, 4) is 0 Å². The molecular weight excluding hydrogens is 480 g/mol. The molecule has 2 aliphatic rings. The van der Waals surface area contributed by atoms with Crippen molar-refractivity contribution in [3.05, 3.63) is 0 Å². The lowest BCUT2D eigenvalue weighted by Crippen LogP contribution is -2.65. The highest BCUT2D eigenvalue weighted by molar-refractivity contribution is 5.82. The average Bonchev–Trinajstić information content (AvgIpc) is 2.82. The van der Waals surface area contributed by atoms with E-state index >= 15 is 0 Å². The minimum atomic E-state index is -1.68. The number of ether oxygens (including phenoxy) is 6. The van der Waals surface area contributed by atoms with Gasteiger partial charge in [0.1, 0.15) is 55.4 Å². The van der Waals surface area contributed by atoms with Crippen LogP contribution in [0.1, 0.15) is 20.3 Å². The maximum Gasteiger partial charge on any atom is 0.348 e. The molecule has 0 aliphatic carbocycles. The van der Waals surface area contributed by atoms with E-state index in [1.165, 1.54) is 28.1 Å². The minimum Gasteiger partial charge on any atom is -0.463 e. The second-order valence-electron chi connectivity index (χ2n) is 8.89. The highest BCUT2D eigenvalue weighted by Gasteiger charge is 2.51. The SMILES string of the molecule is COC1OC(COC(=O)CC(C)(C)C(=O)OO)C(OC2OC(CO)C(OC)C(O)C2O)C(O)C1O. The molecule has 2 heterocycles. The van der Waals surface area contributed by atoms with Crippen LogP contribution in [0, 0.1) is 5.41 Å². The summed E-state index contributed by atoms with van der Waals surface area (Å²) in [6, 6.07) is 0. The Bertz CT molecular complexity index is 700. The number of esters is 1. The summed E-state index contributed by atoms with van der Waals surface area (Å²) < 4.78 is 31.8. The molecule has 0 saturated carbocycles. The fraction of sp³-hybridized carbons (Fsp3) is 0.900. The number of aliphatic hydroxyl groups is 5. The Morgan fingerprint density at radius 2 is 1.43 bits per heavy atom. The van der Waals surface area contributed by atoms with Gasteiger partial charge in [0.2, 0.25) is 0 Å². The first-order chi connectivity index (χ1) is 16.4. The van der Waals surface area contributed by atoms with Crippen molar-refractivity contribution in [2.75, 3.05) is 27.4 Å². The van der Waals surface area contributed by atoms with E-state index in [9.17, 15) is 35.1 Å². The van der Waals surface area contributed by atoms with Crippen molar-refractivity contribution in [3.63, 3.8) is 0 Å². The molecule has 0 radical (unpaired) electrons. The third-order valence-corrected chi connectivity index (χ3v) is 5.89. The van der Waals surface area contributed by atoms with Gasteiger partial charge in [-0.15, -0.1) is 0 Å². The molecule has 2 aliphatic heterocycles. The van der Waals surface area contributed by atoms with Crippen LogP contribution in [0.15, 0.2) is 0 Å². The predicted molar refractivity (Wildman–Crippen MR) is 109 cm³/mol. The van der Waals surface area contributed by atoms with Crippen LogP contribution in [0.25, 0.3) is 0 Å². The molecule has 0 aromatic heterocycles. The molecule has 6 N–H and O–H groups in total. The summed E-state index contributed by atoms with van der Waals surface area (Å²) in [4.78, 5) is 27.5. The van der Waals surface area contributed by atoms with Crippen molar-refractivity contribution in [2.24, 2.45) is 5.41 Å². The predicted octanol–water partition coefficient (Wildman–Crippen LogP) is -3.11. The van der Waals surface area contributed by atoms with E-state index in [0.717, 1.165) is 0 Å². The number of carbonyl (C=O) groups excluding carboxylic acids is 2. The Kier molecular flexibility index (Phi) is 10.7. The van der Waals surface area contributed by atoms with E-state index in [1.54, 1.807) is 0 Å². The lowest BCUT2D eigenvalue weighted by molar-refractivity contribution is -0.358. The van der Waals surface area contributed by atoms with Gasteiger partial charge < -0.3 is 58.8 Å². The van der Waals surface area contributed by atoms with Crippen molar-refractivity contribution in [1.82, 2.24) is 0 Å². The van der Waals surface area contributed by atoms with Crippen LogP contribution in [0.4, 0.5) is 0 Å². The number of carbonyl (C=O) groups is 2. The molecule has 15 heteroatoms. The van der Waals surface area contributed by atoms with Gasteiger partial charge >= 0.3 is 11.9 Å². The summed E-state index contributed by atoms with van der Waals surface area (Å²) in [5.41, 5.74) is -1.41. The normalized spacial score (nSPS) is 38.1. The molecular formula is C20H34O15. The van der Waals surface area contributed by atoms with E-state index in [4.69, 9.17) is 33.7 Å². The average molecular weight is 514 g/mol. The summed E-state index contributed by atoms with van der Waals surface area (Å²) in [7, 11) is 2.45. The standard InChI is InChI=1S/C20H34O15/c1-20(2,19(27)35-28)5-10(22)31-7-9-16(12(24)13(25)17(30-4)33-9)34-18-14(26)11(23)15(29-3)8(6-21)32-18/h8-9,11-18,21,23-26,28H,5-7H2,1-4H3. The quantitative estimate of drug-likeness (QED) is 0.0965. The highest BCUT2D eigenvalue weighted by atomic mass is 17.1. The fourth-order valence-electron chi connectivity index (χ4n) is 3.80. The smallest absolute Gasteiger partial charge is 0.348 e. The van der Waals surface area contributed by atoms with E-state index in [0.29, 0.717) is 0 Å². The summed E-state index contributed by atoms with van der Waals surface area (Å²) in [5, 5.41) is 59.8. The molecule has 204 valence electrons. The highest BCUT2D eigenvalue weighted by Crippen LogP contribution is 2.30. The minimum absolute atomic E-state index is 0.475. The number of methoxy groups -OCH3 is 2. The third-order valence-electron chi connectivity index (χ3n) is 5.89. The molecule has 0 aromatic carbocycles. The van der Waals surface area contributed by atoms with Crippen LogP contribution in [0.5, 0.6) is 0 Å². The molecule has 2 rings (SSSR count). The first kappa shape index (κ1) is 29.7. The molecule has 2 saturated heterocycles. The summed E-state index contributed by atoms with van der Waals surface area (Å²) in [6.45, 7) is 1.55. The topological polar surface area (TPSA) is 220 Å². The van der Waals surface area contributed by atoms with Crippen molar-refractivity contribution in [1.29, 1.82) is 0 Å². The lowest BCUT2D eigenvalue weighted by Gasteiger charge is -2.46. The number of aliphatic hydroxyl groups excluding tert-OH is 5. The van der Waals surface area contributed by atoms with Gasteiger partial charge in [-0.1, -0.05) is 0 Å². The number of rotatable bonds is 10. The third kappa shape index (κ3) is 6.84. The van der Waals surface area contributed by atoms with Crippen LogP contribution < -0.4 is 0 Å². The molecule has 2 fully saturated rings. The van der Waals surface area contributed by atoms with Gasteiger partial charge in [0.25, 0.3) is 0 Å². The van der Waals surface area contributed by atoms with E-state index < -0.39 is 98.4 Å². The first-order valence-electron chi connectivity index (χ1n) is 10.8. The van der Waals surface area contributed by atoms with Gasteiger partial charge in [-0.25, -0.2) is 4.79 Å². The molecule has 0 spiro atoms. The first-order valence-corrected chi connectivity index (χ1v) is 10.8. The van der Waals surface area contributed by atoms with Gasteiger partial charge in [-0.3, -0.25) is 4.79 Å². The lowest BCUT2D eigenvalue weighted by atomic mass is 9.90. The van der Waals surface area contributed by atoms with Gasteiger partial charge in [-0.05, 0) is 13.8 Å². The molecule has 0 aromatic rings. The summed E-state index contributed by atoms with van der Waals surface area (Å²) >= 11 is 0. The zero-order valence-electron chi connectivity index (χ0n) is 19.8. The fourth-order valence-corrected chi connectivity index (χ4v) is 3.80. The van der Waals surface area contributed by atoms with Crippen LogP contribution in [0.3, 0.4) is 0 Å². The molecule has 0 bridgehead atoms. The zero-order valence-corrected chi connectivity index (χ0v) is 19.8.